The number of nitrogens with two attached hydrogens (primary N) is 1. The van der Waals surface area contributed by atoms with Gasteiger partial charge in [0.2, 0.25) is 0 Å². The van der Waals surface area contributed by atoms with E-state index in [4.69, 9.17) is 10.5 Å². The highest BCUT2D eigenvalue weighted by atomic mass is 16.5. The number of aromatic amines is 1. The van der Waals surface area contributed by atoms with E-state index in [1.54, 1.807) is 6.20 Å². The molecule has 5 rings (SSSR count). The Morgan fingerprint density at radius 3 is 2.54 bits per heavy atom. The van der Waals surface area contributed by atoms with Crippen molar-refractivity contribution in [3.8, 4) is 16.9 Å². The van der Waals surface area contributed by atoms with Crippen LogP contribution in [0.1, 0.15) is 12.5 Å². The van der Waals surface area contributed by atoms with Gasteiger partial charge in [0.1, 0.15) is 12.4 Å². The van der Waals surface area contributed by atoms with E-state index in [2.05, 4.69) is 69.3 Å². The Balaban J connectivity index is 1.27. The van der Waals surface area contributed by atoms with Crippen LogP contribution in [0.2, 0.25) is 0 Å². The maximum absolute atomic E-state index is 6.37. The number of aromatic nitrogens is 2. The number of piperazine rings is 1. The van der Waals surface area contributed by atoms with E-state index in [0.717, 1.165) is 73.0 Å². The molecule has 0 spiro atoms. The van der Waals surface area contributed by atoms with Gasteiger partial charge < -0.3 is 25.7 Å². The lowest BCUT2D eigenvalue weighted by atomic mass is 10.0. The van der Waals surface area contributed by atoms with Crippen LogP contribution in [-0.4, -0.2) is 65.6 Å². The summed E-state index contributed by atoms with van der Waals surface area (Å²) in [6.07, 6.45) is 5.51. The summed E-state index contributed by atoms with van der Waals surface area (Å²) in [7, 11) is 0. The predicted molar refractivity (Wildman–Crippen MR) is 144 cm³/mol. The third-order valence-corrected chi connectivity index (χ3v) is 6.99. The van der Waals surface area contributed by atoms with Crippen molar-refractivity contribution in [2.45, 2.75) is 13.8 Å². The number of nitrogens with one attached hydrogen (secondary N) is 2. The highest BCUT2D eigenvalue weighted by Gasteiger charge is 2.15. The van der Waals surface area contributed by atoms with E-state index in [9.17, 15) is 0 Å². The number of nitrogens with zero attached hydrogens (tertiary/aromatic N) is 3. The fourth-order valence-corrected chi connectivity index (χ4v) is 4.74. The molecular formula is C28H34N6O. The SMILES string of the molecule is CCN1CCN(CCOc2ccc(-c3cncc(N)c3Nc3ccc4[nH]ccc4c3C)cc2)CC1. The number of likely N-dealkylation sites (N-methyl/N-ethyl adjacent to an activating group) is 1. The average molecular weight is 471 g/mol. The largest absolute Gasteiger partial charge is 0.492 e. The number of hydrogen-bond donors (Lipinski definition) is 3. The van der Waals surface area contributed by atoms with E-state index >= 15 is 0 Å². The summed E-state index contributed by atoms with van der Waals surface area (Å²) in [6, 6.07) is 14.4. The third kappa shape index (κ3) is 5.11. The summed E-state index contributed by atoms with van der Waals surface area (Å²) < 4.78 is 6.04. The number of fused-ring (bicyclic) bond motifs is 1. The van der Waals surface area contributed by atoms with E-state index in [1.807, 2.05) is 24.5 Å². The molecule has 182 valence electrons. The predicted octanol–water partition coefficient (Wildman–Crippen LogP) is 4.88. The molecule has 1 aliphatic heterocycles. The van der Waals surface area contributed by atoms with Crippen LogP contribution in [0.3, 0.4) is 0 Å². The summed E-state index contributed by atoms with van der Waals surface area (Å²) in [5.74, 6) is 0.876. The second-order valence-corrected chi connectivity index (χ2v) is 9.10. The van der Waals surface area contributed by atoms with Crippen LogP contribution in [-0.2, 0) is 0 Å². The molecule has 0 bridgehead atoms. The highest BCUT2D eigenvalue weighted by Crippen LogP contribution is 2.36. The van der Waals surface area contributed by atoms with Gasteiger partial charge in [-0.15, -0.1) is 0 Å². The molecule has 0 radical (unpaired) electrons. The van der Waals surface area contributed by atoms with Crippen LogP contribution in [0.25, 0.3) is 22.0 Å². The van der Waals surface area contributed by atoms with Crippen LogP contribution in [0.15, 0.2) is 61.1 Å². The number of rotatable bonds is 8. The zero-order valence-electron chi connectivity index (χ0n) is 20.6. The zero-order chi connectivity index (χ0) is 24.2. The fourth-order valence-electron chi connectivity index (χ4n) is 4.74. The van der Waals surface area contributed by atoms with Crippen molar-refractivity contribution < 1.29 is 4.74 Å². The monoisotopic (exact) mass is 470 g/mol. The van der Waals surface area contributed by atoms with Gasteiger partial charge in [-0.05, 0) is 54.9 Å². The molecule has 0 aliphatic carbocycles. The maximum Gasteiger partial charge on any atom is 0.119 e. The first kappa shape index (κ1) is 23.2. The average Bonchev–Trinajstić information content (AvgIpc) is 3.37. The highest BCUT2D eigenvalue weighted by molar-refractivity contribution is 5.93. The molecule has 7 nitrogen and oxygen atoms in total. The summed E-state index contributed by atoms with van der Waals surface area (Å²) in [5.41, 5.74) is 13.2. The molecular weight excluding hydrogens is 436 g/mol. The van der Waals surface area contributed by atoms with Crippen molar-refractivity contribution in [2.24, 2.45) is 0 Å². The number of anilines is 3. The Bertz CT molecular complexity index is 1270. The summed E-state index contributed by atoms with van der Waals surface area (Å²) in [6.45, 7) is 11.7. The van der Waals surface area contributed by atoms with Crippen molar-refractivity contribution in [3.63, 3.8) is 0 Å². The molecule has 1 fully saturated rings. The molecule has 3 heterocycles. The zero-order valence-corrected chi connectivity index (χ0v) is 20.6. The number of pyridine rings is 1. The molecule has 4 N–H and O–H groups in total. The Hall–Kier alpha value is -3.55. The van der Waals surface area contributed by atoms with Crippen LogP contribution >= 0.6 is 0 Å². The Kier molecular flexibility index (Phi) is 6.88. The van der Waals surface area contributed by atoms with Crippen molar-refractivity contribution in [2.75, 3.05) is 56.9 Å². The molecule has 1 saturated heterocycles. The molecule has 0 unspecified atom stereocenters. The summed E-state index contributed by atoms with van der Waals surface area (Å²) in [4.78, 5) is 12.6. The van der Waals surface area contributed by atoms with Gasteiger partial charge in [0.05, 0.1) is 17.6 Å². The quantitative estimate of drug-likeness (QED) is 0.340. The minimum absolute atomic E-state index is 0.611. The van der Waals surface area contributed by atoms with Gasteiger partial charge in [0.15, 0.2) is 0 Å². The standard InChI is InChI=1S/C28H34N6O/c1-3-33-12-14-34(15-13-33)16-17-35-22-6-4-21(5-7-22)24-18-30-19-25(29)28(24)32-26-8-9-27-23(20(26)2)10-11-31-27/h4-11,18-19,31H,3,12-17,29H2,1-2H3,(H,30,32). The molecule has 2 aromatic carbocycles. The number of benzene rings is 2. The van der Waals surface area contributed by atoms with Crippen molar-refractivity contribution in [1.29, 1.82) is 0 Å². The van der Waals surface area contributed by atoms with E-state index in [0.29, 0.717) is 12.3 Å². The van der Waals surface area contributed by atoms with Gasteiger partial charge in [-0.3, -0.25) is 9.88 Å². The van der Waals surface area contributed by atoms with Crippen LogP contribution in [0.5, 0.6) is 5.75 Å². The fraction of sp³-hybridized carbons (Fsp3) is 0.321. The van der Waals surface area contributed by atoms with E-state index in [1.165, 1.54) is 10.9 Å². The molecule has 0 amide bonds. The Morgan fingerprint density at radius 1 is 1.00 bits per heavy atom. The van der Waals surface area contributed by atoms with Gasteiger partial charge in [-0.25, -0.2) is 0 Å². The molecule has 0 atom stereocenters. The third-order valence-electron chi connectivity index (χ3n) is 6.99. The summed E-state index contributed by atoms with van der Waals surface area (Å²) >= 11 is 0. The minimum atomic E-state index is 0.611. The lowest BCUT2D eigenvalue weighted by Crippen LogP contribution is -2.47. The normalized spacial score (nSPS) is 14.9. The van der Waals surface area contributed by atoms with Gasteiger partial charge in [0.25, 0.3) is 0 Å². The second-order valence-electron chi connectivity index (χ2n) is 9.10. The summed E-state index contributed by atoms with van der Waals surface area (Å²) in [5, 5.41) is 4.76. The number of aryl methyl sites for hydroxylation is 1. The van der Waals surface area contributed by atoms with Gasteiger partial charge in [-0.2, -0.15) is 0 Å². The van der Waals surface area contributed by atoms with Gasteiger partial charge in [0, 0.05) is 67.3 Å². The minimum Gasteiger partial charge on any atom is -0.492 e. The molecule has 4 aromatic rings. The van der Waals surface area contributed by atoms with Crippen LogP contribution in [0, 0.1) is 6.92 Å². The number of hydrogen-bond acceptors (Lipinski definition) is 6. The van der Waals surface area contributed by atoms with E-state index < -0.39 is 0 Å². The van der Waals surface area contributed by atoms with Crippen molar-refractivity contribution in [3.05, 3.63) is 66.6 Å². The Labute approximate surface area is 206 Å². The second kappa shape index (κ2) is 10.4. The molecule has 7 heteroatoms. The van der Waals surface area contributed by atoms with E-state index in [-0.39, 0.29) is 0 Å². The molecule has 0 saturated carbocycles. The molecule has 2 aromatic heterocycles. The van der Waals surface area contributed by atoms with Gasteiger partial charge in [-0.1, -0.05) is 19.1 Å². The van der Waals surface area contributed by atoms with Gasteiger partial charge >= 0.3 is 0 Å². The van der Waals surface area contributed by atoms with Crippen molar-refractivity contribution in [1.82, 2.24) is 19.8 Å². The topological polar surface area (TPSA) is 82.4 Å². The Morgan fingerprint density at radius 2 is 1.77 bits per heavy atom. The maximum atomic E-state index is 6.37. The first-order valence-corrected chi connectivity index (χ1v) is 12.4. The number of ether oxygens (including phenoxy) is 1. The van der Waals surface area contributed by atoms with Crippen LogP contribution in [0.4, 0.5) is 17.1 Å². The first-order chi connectivity index (χ1) is 17.1. The van der Waals surface area contributed by atoms with Crippen molar-refractivity contribution >= 4 is 28.0 Å². The number of H-pyrrole nitrogens is 1. The first-order valence-electron chi connectivity index (χ1n) is 12.4. The molecule has 35 heavy (non-hydrogen) atoms. The van der Waals surface area contributed by atoms with Crippen LogP contribution < -0.4 is 15.8 Å². The number of nitrogen functional groups attached to an aromatic ring is 1. The lowest BCUT2D eigenvalue weighted by Gasteiger charge is -2.33. The molecule has 1 aliphatic rings. The smallest absolute Gasteiger partial charge is 0.119 e. The lowest BCUT2D eigenvalue weighted by molar-refractivity contribution is 0.121.